The number of hydrogen-bond acceptors (Lipinski definition) is 1. The van der Waals surface area contributed by atoms with Crippen LogP contribution in [0, 0.1) is 0 Å². The van der Waals surface area contributed by atoms with Gasteiger partial charge in [0.05, 0.1) is 0 Å². The monoisotopic (exact) mass is 193 g/mol. The van der Waals surface area contributed by atoms with Crippen molar-refractivity contribution >= 4 is 34.2 Å². The quantitative estimate of drug-likeness (QED) is 0.608. The van der Waals surface area contributed by atoms with E-state index in [2.05, 4.69) is 48.1 Å². The first kappa shape index (κ1) is 11.1. The molecule has 1 rings (SSSR count). The topological polar surface area (TPSA) is 3.24 Å². The zero-order valence-corrected chi connectivity index (χ0v) is 11.3. The van der Waals surface area contributed by atoms with Crippen molar-refractivity contribution in [1.29, 1.82) is 0 Å². The van der Waals surface area contributed by atoms with E-state index in [1.807, 2.05) is 0 Å². The second-order valence-corrected chi connectivity index (χ2v) is 15.1. The van der Waals surface area contributed by atoms with E-state index in [0.717, 1.165) is 0 Å². The van der Waals surface area contributed by atoms with Crippen LogP contribution in [-0.2, 0) is 0 Å². The Hall–Kier alpha value is 0.991. The molecular formula is C8H20LiNSi2. The van der Waals surface area contributed by atoms with Crippen LogP contribution in [0.2, 0.25) is 43.4 Å². The van der Waals surface area contributed by atoms with Crippen molar-refractivity contribution in [1.82, 2.24) is 4.23 Å². The third kappa shape index (κ3) is 2.08. The molecule has 0 saturated carbocycles. The summed E-state index contributed by atoms with van der Waals surface area (Å²) in [6.07, 6.45) is 0. The van der Waals surface area contributed by atoms with Crippen molar-refractivity contribution in [2.45, 2.75) is 43.4 Å². The van der Waals surface area contributed by atoms with Gasteiger partial charge < -0.3 is 0 Å². The first-order chi connectivity index (χ1) is 5.40. The Bertz CT molecular complexity index is 154. The first-order valence-corrected chi connectivity index (χ1v) is 11.5. The Balaban J connectivity index is 2.74. The van der Waals surface area contributed by atoms with E-state index in [9.17, 15) is 0 Å². The minimum atomic E-state index is -0.931. The van der Waals surface area contributed by atoms with Crippen molar-refractivity contribution in [3.05, 3.63) is 0 Å². The van der Waals surface area contributed by atoms with Gasteiger partial charge in [-0.15, -0.1) is 0 Å². The van der Waals surface area contributed by atoms with Crippen molar-refractivity contribution in [3.63, 3.8) is 0 Å². The van der Waals surface area contributed by atoms with Gasteiger partial charge in [0.2, 0.25) is 0 Å². The predicted octanol–water partition coefficient (Wildman–Crippen LogP) is 2.30. The second-order valence-electron chi connectivity index (χ2n) is 5.28. The third-order valence-corrected chi connectivity index (χ3v) is 13.7. The zero-order valence-electron chi connectivity index (χ0n) is 9.28. The molecule has 1 fully saturated rings. The molecule has 0 aromatic rings. The van der Waals surface area contributed by atoms with Crippen LogP contribution < -0.4 is 0 Å². The molecule has 0 radical (unpaired) electrons. The Kier molecular flexibility index (Phi) is 3.34. The summed E-state index contributed by atoms with van der Waals surface area (Å²) in [4.78, 5) is 0. The van der Waals surface area contributed by atoms with Crippen LogP contribution in [0.25, 0.3) is 0 Å². The fourth-order valence-electron chi connectivity index (χ4n) is 2.53. The molecule has 0 spiro atoms. The van der Waals surface area contributed by atoms with Gasteiger partial charge in [-0.2, -0.15) is 0 Å². The van der Waals surface area contributed by atoms with E-state index in [1.165, 1.54) is 11.6 Å². The molecule has 0 aromatic heterocycles. The molecule has 0 aliphatic carbocycles. The molecule has 1 saturated heterocycles. The van der Waals surface area contributed by atoms with Crippen molar-refractivity contribution in [2.24, 2.45) is 0 Å². The van der Waals surface area contributed by atoms with E-state index in [1.54, 1.807) is 12.1 Å². The van der Waals surface area contributed by atoms with Crippen molar-refractivity contribution < 1.29 is 0 Å². The van der Waals surface area contributed by atoms with Gasteiger partial charge in [-0.25, -0.2) is 0 Å². The van der Waals surface area contributed by atoms with Crippen LogP contribution in [0.3, 0.4) is 0 Å². The summed E-state index contributed by atoms with van der Waals surface area (Å²) in [7, 11) is -1.86. The molecule has 0 atom stereocenters. The van der Waals surface area contributed by atoms with Crippen LogP contribution in [0.15, 0.2) is 0 Å². The van der Waals surface area contributed by atoms with Gasteiger partial charge in [0.25, 0.3) is 0 Å². The zero-order chi connectivity index (χ0) is 9.41. The Labute approximate surface area is 88.3 Å². The molecule has 12 heavy (non-hydrogen) atoms. The van der Waals surface area contributed by atoms with Crippen LogP contribution in [0.5, 0.6) is 0 Å². The number of nitrogens with zero attached hydrogens (tertiary/aromatic N) is 1. The van der Waals surface area contributed by atoms with E-state index in [4.69, 9.17) is 0 Å². The summed E-state index contributed by atoms with van der Waals surface area (Å²) < 4.78 is 2.94. The summed E-state index contributed by atoms with van der Waals surface area (Å²) >= 11 is 2.31. The van der Waals surface area contributed by atoms with E-state index >= 15 is 0 Å². The second kappa shape index (κ2) is 3.62. The predicted molar refractivity (Wildman–Crippen MR) is 61.8 cm³/mol. The molecular weight excluding hydrogens is 173 g/mol. The Morgan fingerprint density at radius 1 is 1.08 bits per heavy atom. The minimum absolute atomic E-state index is 0.931. The molecule has 1 nitrogen and oxygen atoms in total. The fraction of sp³-hybridized carbons (Fsp3) is 1.00. The van der Waals surface area contributed by atoms with E-state index < -0.39 is 16.5 Å². The number of hydrogen-bond donors (Lipinski definition) is 0. The molecule has 0 N–H and O–H groups in total. The maximum atomic E-state index is 2.94. The van der Waals surface area contributed by atoms with Crippen LogP contribution in [0.4, 0.5) is 0 Å². The van der Waals surface area contributed by atoms with E-state index in [-0.39, 0.29) is 0 Å². The molecule has 1 aliphatic rings. The average Bonchev–Trinajstić information content (AvgIpc) is 2.13. The molecule has 66 valence electrons. The third-order valence-electron chi connectivity index (χ3n) is 3.26. The van der Waals surface area contributed by atoms with Crippen LogP contribution in [-0.4, -0.2) is 45.0 Å². The fourth-order valence-corrected chi connectivity index (χ4v) is 16.8. The van der Waals surface area contributed by atoms with Gasteiger partial charge >= 0.3 is 88.3 Å². The Morgan fingerprint density at radius 2 is 1.50 bits per heavy atom. The molecule has 4 heteroatoms. The first-order valence-electron chi connectivity index (χ1n) is 5.18. The summed E-state index contributed by atoms with van der Waals surface area (Å²) in [5.41, 5.74) is 0. The molecule has 0 amide bonds. The standard InChI is InChI=1S/C8H20NSi2.Li/c1-6-9-10(2,3)7-8-11(9,4)5;/h1,6-8H2,2-5H3;. The van der Waals surface area contributed by atoms with Gasteiger partial charge in [0.1, 0.15) is 0 Å². The van der Waals surface area contributed by atoms with Crippen LogP contribution >= 0.6 is 0 Å². The van der Waals surface area contributed by atoms with Gasteiger partial charge in [-0.3, -0.25) is 0 Å². The van der Waals surface area contributed by atoms with E-state index in [0.29, 0.717) is 0 Å². The molecule has 1 aliphatic heterocycles. The maximum absolute atomic E-state index is 2.94. The van der Waals surface area contributed by atoms with Gasteiger partial charge in [-0.05, 0) is 0 Å². The molecule has 0 unspecified atom stereocenters. The number of rotatable bonds is 2. The van der Waals surface area contributed by atoms with Gasteiger partial charge in [0.15, 0.2) is 0 Å². The molecule has 0 bridgehead atoms. The van der Waals surface area contributed by atoms with Gasteiger partial charge in [0, 0.05) is 0 Å². The Morgan fingerprint density at radius 3 is 1.83 bits per heavy atom. The van der Waals surface area contributed by atoms with Gasteiger partial charge in [-0.1, -0.05) is 0 Å². The molecule has 0 aromatic carbocycles. The summed E-state index contributed by atoms with van der Waals surface area (Å²) in [6.45, 7) is 11.6. The summed E-state index contributed by atoms with van der Waals surface area (Å²) in [5, 5.41) is 1.34. The normalized spacial score (nSPS) is 27.8. The van der Waals surface area contributed by atoms with Crippen LogP contribution in [0.1, 0.15) is 0 Å². The average molecular weight is 193 g/mol. The van der Waals surface area contributed by atoms with Crippen molar-refractivity contribution in [3.8, 4) is 0 Å². The van der Waals surface area contributed by atoms with Crippen molar-refractivity contribution in [2.75, 3.05) is 6.54 Å². The summed E-state index contributed by atoms with van der Waals surface area (Å²) in [5.74, 6) is 0. The summed E-state index contributed by atoms with van der Waals surface area (Å²) in [6, 6.07) is 3.10. The molecule has 1 heterocycles. The SMILES string of the molecule is [Li][CH2]CN1[Si](C)(C)CC[Si]1(C)C.